The Morgan fingerprint density at radius 3 is 2.43 bits per heavy atom. The van der Waals surface area contributed by atoms with Crippen LogP contribution < -0.4 is 0 Å². The van der Waals surface area contributed by atoms with Crippen LogP contribution in [0.5, 0.6) is 0 Å². The maximum atomic E-state index is 13.0. The van der Waals surface area contributed by atoms with Crippen molar-refractivity contribution in [2.75, 3.05) is 0 Å². The SMILES string of the molecule is CC(=O)/C=C(/C)O.Fc1ccc(-c2cc3cnc(-c4[c-]cccc4)cc3s2)cc1.[Ir]. The van der Waals surface area contributed by atoms with Crippen molar-refractivity contribution in [3.8, 4) is 21.7 Å². The number of halogens is 1. The Morgan fingerprint density at radius 2 is 1.87 bits per heavy atom. The standard InChI is InChI=1S/C19H11FNS.C5H8O2.Ir/c20-16-8-6-14(7-9-16)18-10-15-12-21-17(11-19(15)22-18)13-4-2-1-3-5-13;1-4(6)3-5(2)7;/h1-4,6-12H;3,6H,1-2H3;/q-1;;/b;4-3-;. The quantitative estimate of drug-likeness (QED) is 0.165. The van der Waals surface area contributed by atoms with Crippen LogP contribution in [0.15, 0.2) is 78.7 Å². The van der Waals surface area contributed by atoms with Gasteiger partial charge in [0.1, 0.15) is 5.82 Å². The summed E-state index contributed by atoms with van der Waals surface area (Å²) in [5.41, 5.74) is 2.93. The van der Waals surface area contributed by atoms with E-state index in [2.05, 4.69) is 23.2 Å². The minimum absolute atomic E-state index is 0. The van der Waals surface area contributed by atoms with Gasteiger partial charge in [-0.2, -0.15) is 0 Å². The van der Waals surface area contributed by atoms with Crippen LogP contribution in [0.1, 0.15) is 13.8 Å². The second kappa shape index (κ2) is 10.9. The van der Waals surface area contributed by atoms with Gasteiger partial charge in [-0.25, -0.2) is 4.39 Å². The first-order valence-corrected chi connectivity index (χ1v) is 9.74. The van der Waals surface area contributed by atoms with Gasteiger partial charge in [-0.15, -0.1) is 47.2 Å². The minimum atomic E-state index is -0.214. The van der Waals surface area contributed by atoms with Crippen LogP contribution in [0.3, 0.4) is 0 Å². The van der Waals surface area contributed by atoms with Gasteiger partial charge in [-0.05, 0) is 43.3 Å². The van der Waals surface area contributed by atoms with E-state index >= 15 is 0 Å². The van der Waals surface area contributed by atoms with Crippen molar-refractivity contribution in [1.29, 1.82) is 0 Å². The molecule has 0 bridgehead atoms. The van der Waals surface area contributed by atoms with E-state index in [0.29, 0.717) is 0 Å². The molecule has 0 aliphatic rings. The molecule has 4 aromatic rings. The Labute approximate surface area is 192 Å². The number of carbonyl (C=O) groups excluding carboxylic acids is 1. The number of allylic oxidation sites excluding steroid dienone is 2. The minimum Gasteiger partial charge on any atom is -0.512 e. The average Bonchev–Trinajstić information content (AvgIpc) is 3.12. The number of aromatic nitrogens is 1. The van der Waals surface area contributed by atoms with Gasteiger partial charge in [0.05, 0.1) is 5.76 Å². The van der Waals surface area contributed by atoms with Crippen LogP contribution in [0.4, 0.5) is 4.39 Å². The van der Waals surface area contributed by atoms with E-state index in [-0.39, 0.29) is 37.5 Å². The van der Waals surface area contributed by atoms with Crippen molar-refractivity contribution in [2.45, 2.75) is 13.8 Å². The van der Waals surface area contributed by atoms with E-state index in [1.165, 1.54) is 36.8 Å². The molecule has 1 radical (unpaired) electrons. The summed E-state index contributed by atoms with van der Waals surface area (Å²) >= 11 is 1.69. The van der Waals surface area contributed by atoms with Crippen LogP contribution in [0.2, 0.25) is 0 Å². The molecular weight excluding hydrogens is 578 g/mol. The van der Waals surface area contributed by atoms with Crippen molar-refractivity contribution in [1.82, 2.24) is 4.98 Å². The zero-order chi connectivity index (χ0) is 20.8. The predicted octanol–water partition coefficient (Wildman–Crippen LogP) is 6.60. The van der Waals surface area contributed by atoms with E-state index < -0.39 is 0 Å². The molecule has 2 aromatic carbocycles. The Hall–Kier alpha value is -2.66. The average molecular weight is 597 g/mol. The largest absolute Gasteiger partial charge is 0.512 e. The van der Waals surface area contributed by atoms with Crippen molar-refractivity contribution >= 4 is 27.2 Å². The summed E-state index contributed by atoms with van der Waals surface area (Å²) in [4.78, 5) is 15.6. The Kier molecular flexibility index (Phi) is 8.60. The van der Waals surface area contributed by atoms with Crippen molar-refractivity contribution in [2.24, 2.45) is 0 Å². The number of thiophene rings is 1. The summed E-state index contributed by atoms with van der Waals surface area (Å²) in [6.45, 7) is 2.85. The Balaban J connectivity index is 0.000000350. The second-order valence-electron chi connectivity index (χ2n) is 6.40. The Bertz CT molecular complexity index is 1150. The predicted molar refractivity (Wildman–Crippen MR) is 116 cm³/mol. The number of aliphatic hydroxyl groups excluding tert-OH is 1. The molecule has 0 spiro atoms. The first kappa shape index (κ1) is 23.6. The third-order valence-electron chi connectivity index (χ3n) is 3.93. The maximum absolute atomic E-state index is 13.0. The molecule has 0 fully saturated rings. The fraction of sp³-hybridized carbons (Fsp3) is 0.0833. The van der Waals surface area contributed by atoms with E-state index in [1.807, 2.05) is 30.5 Å². The van der Waals surface area contributed by atoms with Gasteiger partial charge in [0.25, 0.3) is 0 Å². The third kappa shape index (κ3) is 6.42. The number of benzene rings is 2. The normalized spacial score (nSPS) is 10.7. The smallest absolute Gasteiger partial charge is 0.155 e. The molecule has 0 saturated heterocycles. The zero-order valence-corrected chi connectivity index (χ0v) is 19.6. The molecule has 1 N–H and O–H groups in total. The number of hydrogen-bond acceptors (Lipinski definition) is 4. The molecular formula is C24H19FIrNO2S-. The summed E-state index contributed by atoms with van der Waals surface area (Å²) in [5, 5.41) is 9.46. The molecule has 0 aliphatic heterocycles. The third-order valence-corrected chi connectivity index (χ3v) is 5.07. The summed E-state index contributed by atoms with van der Waals surface area (Å²) in [5.74, 6) is -0.277. The summed E-state index contributed by atoms with van der Waals surface area (Å²) in [6.07, 6.45) is 3.05. The molecule has 0 atom stereocenters. The Morgan fingerprint density at radius 1 is 1.13 bits per heavy atom. The van der Waals surface area contributed by atoms with E-state index in [4.69, 9.17) is 5.11 Å². The fourth-order valence-electron chi connectivity index (χ4n) is 2.68. The van der Waals surface area contributed by atoms with Crippen molar-refractivity contribution in [3.05, 3.63) is 90.6 Å². The first-order chi connectivity index (χ1) is 13.9. The molecule has 0 amide bonds. The zero-order valence-electron chi connectivity index (χ0n) is 16.4. The number of carbonyl (C=O) groups is 1. The number of ketones is 1. The monoisotopic (exact) mass is 597 g/mol. The van der Waals surface area contributed by atoms with Crippen LogP contribution in [0, 0.1) is 11.9 Å². The first-order valence-electron chi connectivity index (χ1n) is 8.93. The molecule has 0 aliphatic carbocycles. The second-order valence-corrected chi connectivity index (χ2v) is 7.48. The fourth-order valence-corrected chi connectivity index (χ4v) is 3.76. The molecule has 2 heterocycles. The van der Waals surface area contributed by atoms with Gasteiger partial charge in [0.15, 0.2) is 5.78 Å². The number of nitrogens with zero attached hydrogens (tertiary/aromatic N) is 1. The van der Waals surface area contributed by atoms with Crippen molar-refractivity contribution < 1.29 is 34.4 Å². The number of pyridine rings is 1. The summed E-state index contributed by atoms with van der Waals surface area (Å²) in [7, 11) is 0. The molecule has 6 heteroatoms. The van der Waals surface area contributed by atoms with Crippen LogP contribution in [0.25, 0.3) is 31.8 Å². The van der Waals surface area contributed by atoms with Crippen molar-refractivity contribution in [3.63, 3.8) is 0 Å². The summed E-state index contributed by atoms with van der Waals surface area (Å²) in [6, 6.07) is 21.8. The van der Waals surface area contributed by atoms with E-state index in [9.17, 15) is 9.18 Å². The van der Waals surface area contributed by atoms with Crippen LogP contribution >= 0.6 is 11.3 Å². The molecule has 155 valence electrons. The van der Waals surface area contributed by atoms with Gasteiger partial charge < -0.3 is 10.1 Å². The van der Waals surface area contributed by atoms with E-state index in [0.717, 1.165) is 27.1 Å². The van der Waals surface area contributed by atoms with Crippen LogP contribution in [-0.4, -0.2) is 15.9 Å². The van der Waals surface area contributed by atoms with Gasteiger partial charge >= 0.3 is 0 Å². The molecule has 2 aromatic heterocycles. The van der Waals surface area contributed by atoms with Gasteiger partial charge in [0.2, 0.25) is 0 Å². The molecule has 3 nitrogen and oxygen atoms in total. The number of rotatable bonds is 3. The maximum Gasteiger partial charge on any atom is 0.155 e. The van der Waals surface area contributed by atoms with E-state index in [1.54, 1.807) is 23.5 Å². The number of aliphatic hydroxyl groups is 1. The van der Waals surface area contributed by atoms with Gasteiger partial charge in [0, 0.05) is 47.3 Å². The number of hydrogen-bond donors (Lipinski definition) is 1. The molecule has 30 heavy (non-hydrogen) atoms. The summed E-state index contributed by atoms with van der Waals surface area (Å²) < 4.78 is 14.2. The molecule has 4 rings (SSSR count). The molecule has 0 unspecified atom stereocenters. The van der Waals surface area contributed by atoms with Gasteiger partial charge in [-0.3, -0.25) is 4.79 Å². The topological polar surface area (TPSA) is 50.2 Å². The molecule has 0 saturated carbocycles. The number of fused-ring (bicyclic) bond motifs is 1. The van der Waals surface area contributed by atoms with Crippen LogP contribution in [-0.2, 0) is 24.9 Å². The van der Waals surface area contributed by atoms with Gasteiger partial charge in [-0.1, -0.05) is 18.2 Å².